The molecule has 1 aromatic carbocycles. The average molecular weight is 381 g/mol. The van der Waals surface area contributed by atoms with Crippen LogP contribution in [0.1, 0.15) is 43.5 Å². The average Bonchev–Trinajstić information content (AvgIpc) is 3.11. The number of hydrogen-bond acceptors (Lipinski definition) is 5. The number of primary sulfonamides is 1. The van der Waals surface area contributed by atoms with E-state index in [4.69, 9.17) is 5.14 Å². The molecule has 2 atom stereocenters. The number of amides is 1. The first kappa shape index (κ1) is 19.3. The molecule has 144 valence electrons. The van der Waals surface area contributed by atoms with Gasteiger partial charge in [-0.05, 0) is 55.4 Å². The van der Waals surface area contributed by atoms with E-state index in [2.05, 4.69) is 24.7 Å². The van der Waals surface area contributed by atoms with Crippen molar-refractivity contribution in [2.24, 2.45) is 17.0 Å². The molecule has 8 heteroatoms. The van der Waals surface area contributed by atoms with Crippen LogP contribution < -0.4 is 16.0 Å². The number of nitrogens with one attached hydrogen (secondary N) is 2. The molecule has 2 unspecified atom stereocenters. The smallest absolute Gasteiger partial charge is 0.253 e. The molecule has 1 amide bonds. The standard InChI is InChI=1S/C18H28N4O3S/c1-12(2)16-11-17(21-20-16)13-7-9-22(10-8-13)18(23)14-3-5-15(6-4-14)26(19,24)25/h3-6,12-13,16-17,20-21H,7-11H2,1-2H3,(H2,19,24,25). The Labute approximate surface area is 155 Å². The third kappa shape index (κ3) is 4.25. The molecule has 3 rings (SSSR count). The molecule has 4 N–H and O–H groups in total. The van der Waals surface area contributed by atoms with Crippen LogP contribution in [0, 0.1) is 11.8 Å². The fourth-order valence-corrected chi connectivity index (χ4v) is 4.34. The van der Waals surface area contributed by atoms with E-state index in [9.17, 15) is 13.2 Å². The highest BCUT2D eigenvalue weighted by molar-refractivity contribution is 7.89. The van der Waals surface area contributed by atoms with Gasteiger partial charge < -0.3 is 4.90 Å². The van der Waals surface area contributed by atoms with Crippen LogP contribution in [0.4, 0.5) is 0 Å². The Balaban J connectivity index is 1.55. The lowest BCUT2D eigenvalue weighted by Gasteiger charge is -2.34. The molecule has 2 heterocycles. The maximum atomic E-state index is 12.6. The third-order valence-corrected chi connectivity index (χ3v) is 6.52. The van der Waals surface area contributed by atoms with Gasteiger partial charge in [-0.2, -0.15) is 0 Å². The fourth-order valence-electron chi connectivity index (χ4n) is 3.83. The van der Waals surface area contributed by atoms with E-state index < -0.39 is 10.0 Å². The number of likely N-dealkylation sites (tertiary alicyclic amines) is 1. The van der Waals surface area contributed by atoms with Crippen LogP contribution >= 0.6 is 0 Å². The molecule has 7 nitrogen and oxygen atoms in total. The van der Waals surface area contributed by atoms with E-state index >= 15 is 0 Å². The number of rotatable bonds is 4. The van der Waals surface area contributed by atoms with Gasteiger partial charge in [-0.1, -0.05) is 13.8 Å². The van der Waals surface area contributed by atoms with Gasteiger partial charge in [0.1, 0.15) is 0 Å². The highest BCUT2D eigenvalue weighted by Crippen LogP contribution is 2.27. The van der Waals surface area contributed by atoms with Crippen LogP contribution in [0.3, 0.4) is 0 Å². The van der Waals surface area contributed by atoms with Crippen molar-refractivity contribution < 1.29 is 13.2 Å². The number of nitrogens with zero attached hydrogens (tertiary/aromatic N) is 1. The van der Waals surface area contributed by atoms with Crippen LogP contribution in [0.5, 0.6) is 0 Å². The van der Waals surface area contributed by atoms with Crippen molar-refractivity contribution in [2.75, 3.05) is 13.1 Å². The minimum absolute atomic E-state index is 0.0206. The molecular formula is C18H28N4O3S. The third-order valence-electron chi connectivity index (χ3n) is 5.59. The van der Waals surface area contributed by atoms with Gasteiger partial charge in [0.05, 0.1) is 4.90 Å². The summed E-state index contributed by atoms with van der Waals surface area (Å²) in [7, 11) is -3.74. The first-order valence-electron chi connectivity index (χ1n) is 9.19. The number of nitrogens with two attached hydrogens (primary N) is 1. The van der Waals surface area contributed by atoms with E-state index in [0.717, 1.165) is 32.4 Å². The van der Waals surface area contributed by atoms with Gasteiger partial charge in [-0.15, -0.1) is 0 Å². The number of hydrogen-bond donors (Lipinski definition) is 3. The molecule has 0 spiro atoms. The Kier molecular flexibility index (Phi) is 5.67. The van der Waals surface area contributed by atoms with Gasteiger partial charge in [-0.3, -0.25) is 15.6 Å². The van der Waals surface area contributed by atoms with Crippen molar-refractivity contribution in [1.82, 2.24) is 15.8 Å². The van der Waals surface area contributed by atoms with Crippen molar-refractivity contribution in [3.8, 4) is 0 Å². The van der Waals surface area contributed by atoms with Crippen molar-refractivity contribution in [3.63, 3.8) is 0 Å². The largest absolute Gasteiger partial charge is 0.339 e. The predicted octanol–water partition coefficient (Wildman–Crippen LogP) is 1.08. The first-order valence-corrected chi connectivity index (χ1v) is 10.7. The molecule has 0 saturated carbocycles. The zero-order valence-electron chi connectivity index (χ0n) is 15.3. The SMILES string of the molecule is CC(C)C1CC(C2CCN(C(=O)c3ccc(S(N)(=O)=O)cc3)CC2)NN1. The molecule has 0 bridgehead atoms. The van der Waals surface area contributed by atoms with Crippen LogP contribution in [0.2, 0.25) is 0 Å². The summed E-state index contributed by atoms with van der Waals surface area (Å²) in [6.07, 6.45) is 3.08. The minimum atomic E-state index is -3.74. The Morgan fingerprint density at radius 1 is 1.15 bits per heavy atom. The van der Waals surface area contributed by atoms with Gasteiger partial charge >= 0.3 is 0 Å². The van der Waals surface area contributed by atoms with Gasteiger partial charge in [0, 0.05) is 30.7 Å². The lowest BCUT2D eigenvalue weighted by Crippen LogP contribution is -2.44. The molecule has 2 aliphatic rings. The van der Waals surface area contributed by atoms with Crippen molar-refractivity contribution in [2.45, 2.75) is 50.1 Å². The van der Waals surface area contributed by atoms with Gasteiger partial charge in [0.25, 0.3) is 5.91 Å². The number of piperidine rings is 1. The molecule has 1 aromatic rings. The fraction of sp³-hybridized carbons (Fsp3) is 0.611. The Hall–Kier alpha value is -1.48. The maximum absolute atomic E-state index is 12.6. The monoisotopic (exact) mass is 380 g/mol. The van der Waals surface area contributed by atoms with E-state index in [1.165, 1.54) is 24.3 Å². The summed E-state index contributed by atoms with van der Waals surface area (Å²) in [5, 5.41) is 5.09. The maximum Gasteiger partial charge on any atom is 0.253 e. The molecule has 0 radical (unpaired) electrons. The van der Waals surface area contributed by atoms with Crippen LogP contribution in [-0.4, -0.2) is 44.4 Å². The second kappa shape index (κ2) is 7.64. The molecule has 2 aliphatic heterocycles. The molecule has 26 heavy (non-hydrogen) atoms. The predicted molar refractivity (Wildman–Crippen MR) is 99.7 cm³/mol. The molecular weight excluding hydrogens is 352 g/mol. The quantitative estimate of drug-likeness (QED) is 0.725. The highest BCUT2D eigenvalue weighted by atomic mass is 32.2. The highest BCUT2D eigenvalue weighted by Gasteiger charge is 2.34. The molecule has 0 aromatic heterocycles. The summed E-state index contributed by atoms with van der Waals surface area (Å²) in [5.74, 6) is 1.12. The summed E-state index contributed by atoms with van der Waals surface area (Å²) in [5.41, 5.74) is 7.32. The second-order valence-corrected chi connectivity index (χ2v) is 9.24. The number of carbonyl (C=O) groups excluding carboxylic acids is 1. The molecule has 2 fully saturated rings. The molecule has 2 saturated heterocycles. The van der Waals surface area contributed by atoms with Crippen molar-refractivity contribution in [1.29, 1.82) is 0 Å². The van der Waals surface area contributed by atoms with E-state index in [-0.39, 0.29) is 10.8 Å². The van der Waals surface area contributed by atoms with Gasteiger partial charge in [-0.25, -0.2) is 13.6 Å². The topological polar surface area (TPSA) is 105 Å². The lowest BCUT2D eigenvalue weighted by atomic mass is 9.85. The van der Waals surface area contributed by atoms with Crippen LogP contribution in [-0.2, 0) is 10.0 Å². The van der Waals surface area contributed by atoms with Gasteiger partial charge in [0.15, 0.2) is 0 Å². The second-order valence-electron chi connectivity index (χ2n) is 7.68. The Bertz CT molecular complexity index is 740. The first-order chi connectivity index (χ1) is 12.3. The van der Waals surface area contributed by atoms with E-state index in [1.807, 2.05) is 4.90 Å². The number of sulfonamides is 1. The van der Waals surface area contributed by atoms with E-state index in [0.29, 0.717) is 29.5 Å². The van der Waals surface area contributed by atoms with Crippen LogP contribution in [0.15, 0.2) is 29.2 Å². The normalized spacial score (nSPS) is 25.0. The lowest BCUT2D eigenvalue weighted by molar-refractivity contribution is 0.0673. The summed E-state index contributed by atoms with van der Waals surface area (Å²) >= 11 is 0. The zero-order chi connectivity index (χ0) is 18.9. The number of carbonyl (C=O) groups is 1. The van der Waals surface area contributed by atoms with Crippen molar-refractivity contribution in [3.05, 3.63) is 29.8 Å². The molecule has 0 aliphatic carbocycles. The minimum Gasteiger partial charge on any atom is -0.339 e. The Morgan fingerprint density at radius 3 is 2.27 bits per heavy atom. The van der Waals surface area contributed by atoms with Crippen molar-refractivity contribution >= 4 is 15.9 Å². The summed E-state index contributed by atoms with van der Waals surface area (Å²) < 4.78 is 22.6. The van der Waals surface area contributed by atoms with Crippen LogP contribution in [0.25, 0.3) is 0 Å². The number of benzene rings is 1. The Morgan fingerprint density at radius 2 is 1.77 bits per heavy atom. The summed E-state index contributed by atoms with van der Waals surface area (Å²) in [6.45, 7) is 5.91. The summed E-state index contributed by atoms with van der Waals surface area (Å²) in [6, 6.07) is 6.81. The van der Waals surface area contributed by atoms with E-state index in [1.54, 1.807) is 0 Å². The number of hydrazine groups is 1. The van der Waals surface area contributed by atoms with Gasteiger partial charge in [0.2, 0.25) is 10.0 Å². The summed E-state index contributed by atoms with van der Waals surface area (Å²) in [4.78, 5) is 14.5. The zero-order valence-corrected chi connectivity index (χ0v) is 16.1.